The molecule has 2 aromatic heterocycles. The second-order valence-electron chi connectivity index (χ2n) is 12.0. The van der Waals surface area contributed by atoms with Crippen molar-refractivity contribution in [1.29, 1.82) is 0 Å². The first-order valence-corrected chi connectivity index (χ1v) is 13.7. The van der Waals surface area contributed by atoms with Gasteiger partial charge in [-0.3, -0.25) is 9.20 Å². The van der Waals surface area contributed by atoms with E-state index in [4.69, 9.17) is 10.7 Å². The average molecular weight is 564 g/mol. The number of alkyl halides is 2. The van der Waals surface area contributed by atoms with Crippen molar-refractivity contribution in [3.05, 3.63) is 83.2 Å². The van der Waals surface area contributed by atoms with Crippen LogP contribution in [0.15, 0.2) is 54.9 Å². The van der Waals surface area contributed by atoms with Gasteiger partial charge in [0.2, 0.25) is 5.91 Å². The molecule has 3 atom stereocenters. The number of halogens is 3. The third kappa shape index (κ3) is 4.45. The summed E-state index contributed by atoms with van der Waals surface area (Å²) < 4.78 is 44.2. The molecule has 0 saturated carbocycles. The molecule has 2 fully saturated rings. The standard InChI is InChI=1S/C31H32F3N5O2/c1-30(2)15-24(40)39-16-18(7-10-23(30)39)29-37-25(26-28(35)36-11-12-38(26)29)21-9-8-20(14-22(21)32)31(3,41)19-6-4-5-17(13-19)27(33)34/h4-6,8-9,11-14,18,23,27,41H,7,10,15-16H2,1-3H3,(H2,35,36)/t18-,23+,31?/m1/s1. The van der Waals surface area contributed by atoms with Gasteiger partial charge in [0.25, 0.3) is 6.43 Å². The topological polar surface area (TPSA) is 96.8 Å². The summed E-state index contributed by atoms with van der Waals surface area (Å²) in [5.41, 5.74) is 5.62. The highest BCUT2D eigenvalue weighted by Gasteiger charge is 2.48. The largest absolute Gasteiger partial charge is 0.382 e. The van der Waals surface area contributed by atoms with Crippen molar-refractivity contribution in [2.24, 2.45) is 5.41 Å². The van der Waals surface area contributed by atoms with Crippen LogP contribution in [-0.2, 0) is 10.4 Å². The second kappa shape index (κ2) is 9.58. The van der Waals surface area contributed by atoms with Gasteiger partial charge in [-0.2, -0.15) is 0 Å². The van der Waals surface area contributed by atoms with E-state index >= 15 is 4.39 Å². The maximum Gasteiger partial charge on any atom is 0.263 e. The molecule has 1 unspecified atom stereocenters. The van der Waals surface area contributed by atoms with E-state index in [0.717, 1.165) is 12.8 Å². The number of benzene rings is 2. The molecule has 0 spiro atoms. The third-order valence-electron chi connectivity index (χ3n) is 8.87. The number of amides is 1. The molecule has 6 rings (SSSR count). The Balaban J connectivity index is 1.39. The van der Waals surface area contributed by atoms with Crippen molar-refractivity contribution in [2.45, 2.75) is 64.0 Å². The molecule has 4 heterocycles. The summed E-state index contributed by atoms with van der Waals surface area (Å²) >= 11 is 0. The Bertz CT molecular complexity index is 1670. The van der Waals surface area contributed by atoms with Crippen molar-refractivity contribution in [1.82, 2.24) is 19.3 Å². The van der Waals surface area contributed by atoms with Crippen molar-refractivity contribution in [2.75, 3.05) is 12.3 Å². The van der Waals surface area contributed by atoms with E-state index in [9.17, 15) is 18.7 Å². The second-order valence-corrected chi connectivity index (χ2v) is 12.0. The molecule has 0 bridgehead atoms. The SMILES string of the molecule is CC(O)(c1cccc(C(F)F)c1)c1ccc(-c2nc([C@@H]3CC[C@@H]4N(C3)C(=O)CC4(C)C)n3ccnc(N)c23)c(F)c1. The highest BCUT2D eigenvalue weighted by atomic mass is 19.3. The average Bonchev–Trinajstić information content (AvgIpc) is 3.43. The lowest BCUT2D eigenvalue weighted by molar-refractivity contribution is -0.130. The van der Waals surface area contributed by atoms with Gasteiger partial charge in [0, 0.05) is 48.4 Å². The number of anilines is 1. The normalized spacial score (nSPS) is 21.9. The third-order valence-corrected chi connectivity index (χ3v) is 8.87. The molecule has 3 N–H and O–H groups in total. The lowest BCUT2D eigenvalue weighted by Gasteiger charge is -2.39. The number of carbonyl (C=O) groups is 1. The van der Waals surface area contributed by atoms with Crippen LogP contribution in [-0.4, -0.2) is 42.9 Å². The predicted octanol–water partition coefficient (Wildman–Crippen LogP) is 5.82. The maximum atomic E-state index is 15.8. The molecule has 2 saturated heterocycles. The Labute approximate surface area is 235 Å². The molecule has 0 aliphatic carbocycles. The molecular formula is C31H32F3N5O2. The van der Waals surface area contributed by atoms with E-state index in [1.54, 1.807) is 18.5 Å². The van der Waals surface area contributed by atoms with Crippen LogP contribution in [0.25, 0.3) is 16.8 Å². The Kier molecular flexibility index (Phi) is 6.37. The summed E-state index contributed by atoms with van der Waals surface area (Å²) in [7, 11) is 0. The highest BCUT2D eigenvalue weighted by Crippen LogP contribution is 2.45. The molecular weight excluding hydrogens is 531 g/mol. The van der Waals surface area contributed by atoms with E-state index in [-0.39, 0.29) is 51.4 Å². The summed E-state index contributed by atoms with van der Waals surface area (Å²) in [4.78, 5) is 23.9. The Hall–Kier alpha value is -3.92. The molecule has 214 valence electrons. The highest BCUT2D eigenvalue weighted by molar-refractivity contribution is 5.86. The number of nitrogens with zero attached hydrogens (tertiary/aromatic N) is 4. The number of hydrogen-bond donors (Lipinski definition) is 2. The first-order chi connectivity index (χ1) is 19.4. The van der Waals surface area contributed by atoms with Gasteiger partial charge in [-0.25, -0.2) is 23.1 Å². The van der Waals surface area contributed by atoms with Crippen molar-refractivity contribution < 1.29 is 23.1 Å². The quantitative estimate of drug-likeness (QED) is 0.319. The van der Waals surface area contributed by atoms with Crippen molar-refractivity contribution in [3.8, 4) is 11.3 Å². The number of nitrogen functional groups attached to an aromatic ring is 1. The van der Waals surface area contributed by atoms with Crippen LogP contribution >= 0.6 is 0 Å². The number of hydrogen-bond acceptors (Lipinski definition) is 5. The van der Waals surface area contributed by atoms with E-state index in [1.807, 2.05) is 9.30 Å². The van der Waals surface area contributed by atoms with Crippen LogP contribution in [0.1, 0.15) is 74.9 Å². The predicted molar refractivity (Wildman–Crippen MR) is 149 cm³/mol. The number of fused-ring (bicyclic) bond motifs is 2. The minimum Gasteiger partial charge on any atom is -0.382 e. The molecule has 4 aromatic rings. The van der Waals surface area contributed by atoms with Gasteiger partial charge in [0.15, 0.2) is 0 Å². The zero-order valence-electron chi connectivity index (χ0n) is 23.1. The number of piperidine rings is 1. The zero-order valence-corrected chi connectivity index (χ0v) is 23.1. The Morgan fingerprint density at radius 1 is 1.15 bits per heavy atom. The summed E-state index contributed by atoms with van der Waals surface area (Å²) in [6.07, 6.45) is 2.80. The number of nitrogens with two attached hydrogens (primary N) is 1. The maximum absolute atomic E-state index is 15.8. The van der Waals surface area contributed by atoms with Gasteiger partial charge >= 0.3 is 0 Å². The van der Waals surface area contributed by atoms with Gasteiger partial charge in [0.05, 0.1) is 0 Å². The molecule has 7 nitrogen and oxygen atoms in total. The fraction of sp³-hybridized carbons (Fsp3) is 0.387. The van der Waals surface area contributed by atoms with Crippen LogP contribution in [0.4, 0.5) is 19.0 Å². The van der Waals surface area contributed by atoms with Crippen LogP contribution in [0.2, 0.25) is 0 Å². The number of aliphatic hydroxyl groups is 1. The summed E-state index contributed by atoms with van der Waals surface area (Å²) in [5.74, 6) is 0.284. The van der Waals surface area contributed by atoms with E-state index in [2.05, 4.69) is 18.8 Å². The summed E-state index contributed by atoms with van der Waals surface area (Å²) in [6.45, 7) is 6.22. The van der Waals surface area contributed by atoms with Crippen molar-refractivity contribution >= 4 is 17.2 Å². The van der Waals surface area contributed by atoms with E-state index < -0.39 is 17.8 Å². The lowest BCUT2D eigenvalue weighted by Crippen LogP contribution is -2.44. The van der Waals surface area contributed by atoms with Gasteiger partial charge in [-0.1, -0.05) is 38.1 Å². The molecule has 10 heteroatoms. The summed E-state index contributed by atoms with van der Waals surface area (Å²) in [5, 5.41) is 11.3. The minimum absolute atomic E-state index is 0.0719. The van der Waals surface area contributed by atoms with Crippen LogP contribution in [0, 0.1) is 11.2 Å². The number of carbonyl (C=O) groups excluding carboxylic acids is 1. The fourth-order valence-electron chi connectivity index (χ4n) is 6.60. The van der Waals surface area contributed by atoms with Gasteiger partial charge in [-0.05, 0) is 54.5 Å². The minimum atomic E-state index is -2.70. The smallest absolute Gasteiger partial charge is 0.263 e. The summed E-state index contributed by atoms with van der Waals surface area (Å²) in [6, 6.07) is 9.91. The van der Waals surface area contributed by atoms with Gasteiger partial charge in [-0.15, -0.1) is 0 Å². The van der Waals surface area contributed by atoms with Crippen LogP contribution in [0.3, 0.4) is 0 Å². The molecule has 1 amide bonds. The first kappa shape index (κ1) is 27.3. The molecule has 0 radical (unpaired) electrons. The monoisotopic (exact) mass is 563 g/mol. The Morgan fingerprint density at radius 3 is 2.63 bits per heavy atom. The fourth-order valence-corrected chi connectivity index (χ4v) is 6.60. The van der Waals surface area contributed by atoms with Gasteiger partial charge in [0.1, 0.15) is 34.3 Å². The number of aromatic nitrogens is 3. The Morgan fingerprint density at radius 2 is 1.90 bits per heavy atom. The molecule has 2 aliphatic heterocycles. The van der Waals surface area contributed by atoms with E-state index in [1.165, 1.54) is 43.3 Å². The van der Waals surface area contributed by atoms with Gasteiger partial charge < -0.3 is 15.7 Å². The first-order valence-electron chi connectivity index (χ1n) is 13.7. The lowest BCUT2D eigenvalue weighted by atomic mass is 9.79. The molecule has 2 aromatic carbocycles. The zero-order chi connectivity index (χ0) is 29.3. The van der Waals surface area contributed by atoms with Crippen LogP contribution in [0.5, 0.6) is 0 Å². The molecule has 41 heavy (non-hydrogen) atoms. The number of rotatable bonds is 5. The van der Waals surface area contributed by atoms with E-state index in [0.29, 0.717) is 30.0 Å². The molecule has 2 aliphatic rings. The number of imidazole rings is 1. The van der Waals surface area contributed by atoms with Crippen LogP contribution < -0.4 is 5.73 Å². The van der Waals surface area contributed by atoms with Crippen molar-refractivity contribution in [3.63, 3.8) is 0 Å².